The van der Waals surface area contributed by atoms with Gasteiger partial charge in [-0.2, -0.15) is 0 Å². The zero-order valence-corrected chi connectivity index (χ0v) is 4.88. The van der Waals surface area contributed by atoms with Gasteiger partial charge in [0.1, 0.15) is 0 Å². The van der Waals surface area contributed by atoms with Crippen LogP contribution in [0.15, 0.2) is 12.2 Å². The van der Waals surface area contributed by atoms with Gasteiger partial charge in [0.05, 0.1) is 0 Å². The average molecular weight is 112 g/mol. The molecule has 0 fully saturated rings. The maximum absolute atomic E-state index is 5.62. The molecule has 2 nitrogen and oxygen atoms in total. The van der Waals surface area contributed by atoms with Gasteiger partial charge in [0, 0.05) is 6.04 Å². The molecule has 0 radical (unpaired) electrons. The summed E-state index contributed by atoms with van der Waals surface area (Å²) in [5.41, 5.74) is 11.0. The van der Waals surface area contributed by atoms with E-state index in [2.05, 4.69) is 6.08 Å². The fraction of sp³-hybridized carbons (Fsp3) is 0.667. The van der Waals surface area contributed by atoms with E-state index in [1.807, 2.05) is 6.08 Å². The van der Waals surface area contributed by atoms with E-state index in [0.29, 0.717) is 12.5 Å². The lowest BCUT2D eigenvalue weighted by atomic mass is 10.0. The van der Waals surface area contributed by atoms with Crippen LogP contribution in [0.5, 0.6) is 0 Å². The molecule has 0 heterocycles. The Hall–Kier alpha value is -0.340. The molecule has 0 saturated carbocycles. The molecule has 0 bridgehead atoms. The number of nitrogens with two attached hydrogens (primary N) is 2. The van der Waals surface area contributed by atoms with Gasteiger partial charge < -0.3 is 11.5 Å². The molecular weight excluding hydrogens is 100 g/mol. The van der Waals surface area contributed by atoms with E-state index in [-0.39, 0.29) is 6.04 Å². The number of hydrogen-bond acceptors (Lipinski definition) is 2. The summed E-state index contributed by atoms with van der Waals surface area (Å²) in [7, 11) is 0. The van der Waals surface area contributed by atoms with Gasteiger partial charge in [-0.15, -0.1) is 0 Å². The Balaban J connectivity index is 2.38. The summed E-state index contributed by atoms with van der Waals surface area (Å²) in [6.45, 7) is 0.716. The minimum atomic E-state index is 0.222. The van der Waals surface area contributed by atoms with Crippen LogP contribution in [0.4, 0.5) is 0 Å². The van der Waals surface area contributed by atoms with Crippen molar-refractivity contribution in [3.8, 4) is 0 Å². The topological polar surface area (TPSA) is 52.0 Å². The molecule has 2 heteroatoms. The van der Waals surface area contributed by atoms with Crippen LogP contribution in [-0.2, 0) is 0 Å². The third kappa shape index (κ3) is 0.904. The molecule has 1 rings (SSSR count). The predicted octanol–water partition coefficient (Wildman–Crippen LogP) is -0.151. The summed E-state index contributed by atoms with van der Waals surface area (Å²) in [5.74, 6) is 0.509. The maximum atomic E-state index is 5.62. The highest BCUT2D eigenvalue weighted by Gasteiger charge is 2.15. The summed E-state index contributed by atoms with van der Waals surface area (Å²) in [5, 5.41) is 0. The fourth-order valence-electron chi connectivity index (χ4n) is 0.978. The Kier molecular flexibility index (Phi) is 1.65. The quantitative estimate of drug-likeness (QED) is 0.463. The second kappa shape index (κ2) is 2.29. The largest absolute Gasteiger partial charge is 0.330 e. The van der Waals surface area contributed by atoms with Crippen LogP contribution in [0.3, 0.4) is 0 Å². The monoisotopic (exact) mass is 112 g/mol. The molecule has 0 aromatic rings. The van der Waals surface area contributed by atoms with Crippen molar-refractivity contribution in [3.05, 3.63) is 12.2 Å². The van der Waals surface area contributed by atoms with Crippen molar-refractivity contribution in [2.24, 2.45) is 17.4 Å². The standard InChI is InChI=1S/C6H12N2/c7-4-5-2-1-3-6(5)8/h1,3,5-6H,2,4,7-8H2. The van der Waals surface area contributed by atoms with Crippen molar-refractivity contribution in [3.63, 3.8) is 0 Å². The molecule has 2 atom stereocenters. The lowest BCUT2D eigenvalue weighted by Gasteiger charge is -2.10. The smallest absolute Gasteiger partial charge is 0.0267 e. The third-order valence-corrected chi connectivity index (χ3v) is 1.64. The second-order valence-corrected chi connectivity index (χ2v) is 2.24. The van der Waals surface area contributed by atoms with E-state index in [1.54, 1.807) is 0 Å². The van der Waals surface area contributed by atoms with Crippen LogP contribution in [0.1, 0.15) is 6.42 Å². The molecule has 0 aliphatic heterocycles. The first-order valence-corrected chi connectivity index (χ1v) is 2.97. The van der Waals surface area contributed by atoms with Crippen LogP contribution < -0.4 is 11.5 Å². The van der Waals surface area contributed by atoms with Gasteiger partial charge in [-0.1, -0.05) is 12.2 Å². The van der Waals surface area contributed by atoms with Gasteiger partial charge in [-0.05, 0) is 18.9 Å². The molecule has 1 aliphatic rings. The molecule has 4 N–H and O–H groups in total. The van der Waals surface area contributed by atoms with E-state index in [1.165, 1.54) is 0 Å². The minimum Gasteiger partial charge on any atom is -0.330 e. The first-order chi connectivity index (χ1) is 3.84. The molecule has 0 aromatic carbocycles. The van der Waals surface area contributed by atoms with Gasteiger partial charge in [-0.25, -0.2) is 0 Å². The van der Waals surface area contributed by atoms with Crippen molar-refractivity contribution in [1.82, 2.24) is 0 Å². The summed E-state index contributed by atoms with van der Waals surface area (Å²) in [6.07, 6.45) is 5.19. The molecule has 0 saturated heterocycles. The van der Waals surface area contributed by atoms with Crippen molar-refractivity contribution in [2.45, 2.75) is 12.5 Å². The highest BCUT2D eigenvalue weighted by molar-refractivity contribution is 5.04. The summed E-state index contributed by atoms with van der Waals surface area (Å²) < 4.78 is 0. The van der Waals surface area contributed by atoms with Gasteiger partial charge in [0.15, 0.2) is 0 Å². The minimum absolute atomic E-state index is 0.222. The highest BCUT2D eigenvalue weighted by atomic mass is 14.7. The Morgan fingerprint density at radius 1 is 1.62 bits per heavy atom. The average Bonchev–Trinajstić information content (AvgIpc) is 2.14. The molecule has 0 aromatic heterocycles. The van der Waals surface area contributed by atoms with Crippen LogP contribution in [0, 0.1) is 5.92 Å². The Labute approximate surface area is 49.5 Å². The van der Waals surface area contributed by atoms with Gasteiger partial charge >= 0.3 is 0 Å². The van der Waals surface area contributed by atoms with Crippen molar-refractivity contribution in [1.29, 1.82) is 0 Å². The highest BCUT2D eigenvalue weighted by Crippen LogP contribution is 2.14. The predicted molar refractivity (Wildman–Crippen MR) is 34.3 cm³/mol. The van der Waals surface area contributed by atoms with E-state index in [9.17, 15) is 0 Å². The fourth-order valence-corrected chi connectivity index (χ4v) is 0.978. The van der Waals surface area contributed by atoms with Crippen LogP contribution in [-0.4, -0.2) is 12.6 Å². The van der Waals surface area contributed by atoms with Crippen LogP contribution >= 0.6 is 0 Å². The third-order valence-electron chi connectivity index (χ3n) is 1.64. The van der Waals surface area contributed by atoms with Crippen molar-refractivity contribution < 1.29 is 0 Å². The van der Waals surface area contributed by atoms with Crippen molar-refractivity contribution >= 4 is 0 Å². The summed E-state index contributed by atoms with van der Waals surface area (Å²) >= 11 is 0. The van der Waals surface area contributed by atoms with E-state index < -0.39 is 0 Å². The lowest BCUT2D eigenvalue weighted by Crippen LogP contribution is -2.29. The molecule has 0 amide bonds. The number of allylic oxidation sites excluding steroid dienone is 1. The van der Waals surface area contributed by atoms with Crippen LogP contribution in [0.2, 0.25) is 0 Å². The van der Waals surface area contributed by atoms with E-state index in [4.69, 9.17) is 11.5 Å². The normalized spacial score (nSPS) is 36.2. The lowest BCUT2D eigenvalue weighted by molar-refractivity contribution is 0.518. The Morgan fingerprint density at radius 2 is 2.38 bits per heavy atom. The van der Waals surface area contributed by atoms with Crippen LogP contribution in [0.25, 0.3) is 0 Å². The molecule has 1 aliphatic carbocycles. The number of rotatable bonds is 1. The summed E-state index contributed by atoms with van der Waals surface area (Å²) in [4.78, 5) is 0. The first kappa shape index (κ1) is 5.79. The van der Waals surface area contributed by atoms with E-state index >= 15 is 0 Å². The van der Waals surface area contributed by atoms with Gasteiger partial charge in [0.2, 0.25) is 0 Å². The molecule has 8 heavy (non-hydrogen) atoms. The van der Waals surface area contributed by atoms with E-state index in [0.717, 1.165) is 6.42 Å². The molecular formula is C6H12N2. The SMILES string of the molecule is NCC1CC=CC1N. The summed E-state index contributed by atoms with van der Waals surface area (Å²) in [6, 6.07) is 0.222. The van der Waals surface area contributed by atoms with Gasteiger partial charge in [-0.3, -0.25) is 0 Å². The first-order valence-electron chi connectivity index (χ1n) is 2.97. The zero-order valence-electron chi connectivity index (χ0n) is 4.88. The second-order valence-electron chi connectivity index (χ2n) is 2.24. The van der Waals surface area contributed by atoms with Gasteiger partial charge in [0.25, 0.3) is 0 Å². The zero-order chi connectivity index (χ0) is 5.98. The molecule has 2 unspecified atom stereocenters. The Morgan fingerprint density at radius 3 is 2.62 bits per heavy atom. The molecule has 0 spiro atoms. The Bertz CT molecular complexity index is 98.7. The number of hydrogen-bond donors (Lipinski definition) is 2. The molecule has 46 valence electrons. The van der Waals surface area contributed by atoms with Crippen molar-refractivity contribution in [2.75, 3.05) is 6.54 Å². The maximum Gasteiger partial charge on any atom is 0.0267 e.